The highest BCUT2D eigenvalue weighted by molar-refractivity contribution is 6.32. The van der Waals surface area contributed by atoms with E-state index in [1.807, 2.05) is 37.3 Å². The number of halogens is 1. The number of hydrogen-bond donors (Lipinski definition) is 1. The molecule has 1 heterocycles. The lowest BCUT2D eigenvalue weighted by Gasteiger charge is -2.17. The SMILES string of the molecule is CC1=Nc2cc(CCC(=O)[C@H](C)NC(=O)[C@@H]3CC[C@@H](c4ccccc4)C3)cc(Cl)c2C1. The van der Waals surface area contributed by atoms with Gasteiger partial charge in [-0.3, -0.25) is 14.6 Å². The molecular formula is C26H29ClN2O2. The fourth-order valence-corrected chi connectivity index (χ4v) is 5.04. The number of carbonyl (C=O) groups is 2. The van der Waals surface area contributed by atoms with E-state index < -0.39 is 6.04 Å². The Labute approximate surface area is 189 Å². The van der Waals surface area contributed by atoms with Crippen LogP contribution in [0.1, 0.15) is 62.1 Å². The number of benzene rings is 2. The van der Waals surface area contributed by atoms with Crippen LogP contribution in [0.15, 0.2) is 47.5 Å². The Hall–Kier alpha value is -2.46. The molecule has 0 bridgehead atoms. The Kier molecular flexibility index (Phi) is 6.57. The summed E-state index contributed by atoms with van der Waals surface area (Å²) < 4.78 is 0. The minimum Gasteiger partial charge on any atom is -0.346 e. The molecule has 4 nitrogen and oxygen atoms in total. The van der Waals surface area contributed by atoms with E-state index in [4.69, 9.17) is 11.6 Å². The largest absolute Gasteiger partial charge is 0.346 e. The molecule has 0 spiro atoms. The maximum Gasteiger partial charge on any atom is 0.223 e. The van der Waals surface area contributed by atoms with E-state index in [-0.39, 0.29) is 17.6 Å². The third-order valence-corrected chi connectivity index (χ3v) is 6.89. The van der Waals surface area contributed by atoms with Gasteiger partial charge in [0.1, 0.15) is 0 Å². The zero-order chi connectivity index (χ0) is 22.0. The molecule has 1 aliphatic heterocycles. The quantitative estimate of drug-likeness (QED) is 0.616. The fraction of sp³-hybridized carbons (Fsp3) is 0.423. The molecule has 31 heavy (non-hydrogen) atoms. The molecule has 2 aromatic rings. The van der Waals surface area contributed by atoms with Gasteiger partial charge in [-0.2, -0.15) is 0 Å². The summed E-state index contributed by atoms with van der Waals surface area (Å²) in [7, 11) is 0. The number of aryl methyl sites for hydroxylation is 1. The van der Waals surface area contributed by atoms with Crippen LogP contribution in [0.4, 0.5) is 5.69 Å². The van der Waals surface area contributed by atoms with Crippen molar-refractivity contribution in [2.75, 3.05) is 0 Å². The normalized spacial score (nSPS) is 20.8. The van der Waals surface area contributed by atoms with E-state index >= 15 is 0 Å². The number of ketones is 1. The third-order valence-electron chi connectivity index (χ3n) is 6.55. The van der Waals surface area contributed by atoms with Crippen molar-refractivity contribution >= 4 is 34.7 Å². The zero-order valence-corrected chi connectivity index (χ0v) is 18.9. The van der Waals surface area contributed by atoms with Gasteiger partial charge in [0.25, 0.3) is 0 Å². The summed E-state index contributed by atoms with van der Waals surface area (Å²) in [6.45, 7) is 3.78. The van der Waals surface area contributed by atoms with E-state index in [1.165, 1.54) is 5.56 Å². The molecule has 0 unspecified atom stereocenters. The second-order valence-corrected chi connectivity index (χ2v) is 9.32. The molecular weight excluding hydrogens is 408 g/mol. The molecule has 1 N–H and O–H groups in total. The first-order valence-corrected chi connectivity index (χ1v) is 11.5. The Morgan fingerprint density at radius 3 is 2.74 bits per heavy atom. The van der Waals surface area contributed by atoms with Gasteiger partial charge in [-0.05, 0) is 68.7 Å². The first-order valence-electron chi connectivity index (χ1n) is 11.1. The number of Topliss-reactive ketones (excluding diaryl/α,β-unsaturated/α-hetero) is 1. The lowest BCUT2D eigenvalue weighted by molar-refractivity contribution is -0.129. The van der Waals surface area contributed by atoms with E-state index in [1.54, 1.807) is 6.92 Å². The highest BCUT2D eigenvalue weighted by Crippen LogP contribution is 2.38. The standard InChI is InChI=1S/C26H29ClN2O2/c1-16-12-22-23(27)13-18(14-24(22)28-16)8-11-25(30)17(2)29-26(31)21-10-9-20(15-21)19-6-4-3-5-7-19/h3-7,13-14,17,20-21H,8-12,15H2,1-2H3,(H,29,31)/t17-,20+,21+/m0/s1. The van der Waals surface area contributed by atoms with Crippen molar-refractivity contribution in [3.8, 4) is 0 Å². The van der Waals surface area contributed by atoms with Crippen LogP contribution in [0, 0.1) is 5.92 Å². The van der Waals surface area contributed by atoms with Crippen LogP contribution in [0.3, 0.4) is 0 Å². The molecule has 1 fully saturated rings. The van der Waals surface area contributed by atoms with Gasteiger partial charge in [0.15, 0.2) is 5.78 Å². The summed E-state index contributed by atoms with van der Waals surface area (Å²) in [5.74, 6) is 0.461. The Morgan fingerprint density at radius 2 is 1.97 bits per heavy atom. The van der Waals surface area contributed by atoms with Gasteiger partial charge < -0.3 is 5.32 Å². The van der Waals surface area contributed by atoms with Crippen LogP contribution in [-0.4, -0.2) is 23.4 Å². The molecule has 4 rings (SSSR count). The van der Waals surface area contributed by atoms with Crippen LogP contribution in [0.5, 0.6) is 0 Å². The minimum absolute atomic E-state index is 0.00432. The number of rotatable bonds is 7. The molecule has 5 heteroatoms. The number of fused-ring (bicyclic) bond motifs is 1. The summed E-state index contributed by atoms with van der Waals surface area (Å²) >= 11 is 6.40. The van der Waals surface area contributed by atoms with Crippen molar-refractivity contribution in [2.45, 2.75) is 64.3 Å². The van der Waals surface area contributed by atoms with Crippen LogP contribution < -0.4 is 5.32 Å². The molecule has 3 atom stereocenters. The van der Waals surface area contributed by atoms with Crippen molar-refractivity contribution in [3.63, 3.8) is 0 Å². The number of nitrogens with one attached hydrogen (secondary N) is 1. The van der Waals surface area contributed by atoms with E-state index in [0.29, 0.717) is 18.8 Å². The molecule has 0 radical (unpaired) electrons. The van der Waals surface area contributed by atoms with Crippen LogP contribution >= 0.6 is 11.6 Å². The number of carbonyl (C=O) groups excluding carboxylic acids is 2. The van der Waals surface area contributed by atoms with E-state index in [0.717, 1.165) is 53.2 Å². The average molecular weight is 437 g/mol. The molecule has 1 saturated carbocycles. The van der Waals surface area contributed by atoms with Crippen LogP contribution in [-0.2, 0) is 22.4 Å². The molecule has 162 valence electrons. The monoisotopic (exact) mass is 436 g/mol. The first-order chi connectivity index (χ1) is 14.9. The fourth-order valence-electron chi connectivity index (χ4n) is 4.74. The van der Waals surface area contributed by atoms with Gasteiger partial charge in [-0.25, -0.2) is 0 Å². The van der Waals surface area contributed by atoms with Gasteiger partial charge in [0.2, 0.25) is 5.91 Å². The highest BCUT2D eigenvalue weighted by atomic mass is 35.5. The lowest BCUT2D eigenvalue weighted by Crippen LogP contribution is -2.41. The predicted octanol–water partition coefficient (Wildman–Crippen LogP) is 5.58. The van der Waals surface area contributed by atoms with Gasteiger partial charge in [-0.1, -0.05) is 41.9 Å². The summed E-state index contributed by atoms with van der Waals surface area (Å²) in [6.07, 6.45) is 4.51. The Bertz CT molecular complexity index is 1020. The molecule has 1 amide bonds. The van der Waals surface area contributed by atoms with E-state index in [2.05, 4.69) is 22.4 Å². The zero-order valence-electron chi connectivity index (χ0n) is 18.2. The lowest BCUT2D eigenvalue weighted by atomic mass is 9.96. The van der Waals surface area contributed by atoms with Crippen molar-refractivity contribution in [1.29, 1.82) is 0 Å². The first kappa shape index (κ1) is 21.8. The number of aliphatic imine (C=N–C) groups is 1. The number of nitrogens with zero attached hydrogens (tertiary/aromatic N) is 1. The van der Waals surface area contributed by atoms with Gasteiger partial charge in [0.05, 0.1) is 11.7 Å². The van der Waals surface area contributed by atoms with Crippen molar-refractivity contribution < 1.29 is 9.59 Å². The second kappa shape index (κ2) is 9.35. The van der Waals surface area contributed by atoms with Crippen LogP contribution in [0.25, 0.3) is 0 Å². The third kappa shape index (κ3) is 5.07. The maximum absolute atomic E-state index is 12.7. The topological polar surface area (TPSA) is 58.5 Å². The predicted molar refractivity (Wildman–Crippen MR) is 125 cm³/mol. The Balaban J connectivity index is 1.28. The Morgan fingerprint density at radius 1 is 1.19 bits per heavy atom. The molecule has 2 aromatic carbocycles. The molecule has 0 saturated heterocycles. The van der Waals surface area contributed by atoms with Gasteiger partial charge >= 0.3 is 0 Å². The van der Waals surface area contributed by atoms with Crippen molar-refractivity contribution in [1.82, 2.24) is 5.32 Å². The molecule has 1 aliphatic carbocycles. The molecule has 2 aliphatic rings. The number of amides is 1. The van der Waals surface area contributed by atoms with Gasteiger partial charge in [-0.15, -0.1) is 0 Å². The van der Waals surface area contributed by atoms with Crippen molar-refractivity contribution in [2.24, 2.45) is 10.9 Å². The summed E-state index contributed by atoms with van der Waals surface area (Å²) in [6, 6.07) is 13.9. The summed E-state index contributed by atoms with van der Waals surface area (Å²) in [4.78, 5) is 29.9. The average Bonchev–Trinajstić information content (AvgIpc) is 3.39. The van der Waals surface area contributed by atoms with Crippen molar-refractivity contribution in [3.05, 3.63) is 64.2 Å². The second-order valence-electron chi connectivity index (χ2n) is 8.91. The molecule has 0 aromatic heterocycles. The van der Waals surface area contributed by atoms with Crippen LogP contribution in [0.2, 0.25) is 5.02 Å². The minimum atomic E-state index is -0.478. The summed E-state index contributed by atoms with van der Waals surface area (Å²) in [5, 5.41) is 3.67. The van der Waals surface area contributed by atoms with E-state index in [9.17, 15) is 9.59 Å². The highest BCUT2D eigenvalue weighted by Gasteiger charge is 2.31. The smallest absolute Gasteiger partial charge is 0.223 e. The van der Waals surface area contributed by atoms with Gasteiger partial charge in [0, 0.05) is 35.1 Å². The summed E-state index contributed by atoms with van der Waals surface area (Å²) in [5.41, 5.74) is 5.36. The number of hydrogen-bond acceptors (Lipinski definition) is 3. The maximum atomic E-state index is 12.7.